The number of anilines is 4. The van der Waals surface area contributed by atoms with Crippen LogP contribution in [0.2, 0.25) is 0 Å². The van der Waals surface area contributed by atoms with Crippen LogP contribution in [0.25, 0.3) is 11.0 Å². The Labute approximate surface area is 480 Å². The molecule has 6 aromatic rings. The molecule has 438 valence electrons. The Morgan fingerprint density at radius 1 is 0.892 bits per heavy atom. The second-order valence-corrected chi connectivity index (χ2v) is 25.3. The number of carbonyl (C=O) groups is 1. The number of nitrogens with zero attached hydrogens (tertiary/aromatic N) is 6. The van der Waals surface area contributed by atoms with Gasteiger partial charge in [-0.2, -0.15) is 4.98 Å². The molecule has 1 amide bonds. The lowest BCUT2D eigenvalue weighted by Crippen LogP contribution is -2.60. The molecule has 8 heterocycles. The topological polar surface area (TPSA) is 206 Å². The molecule has 0 radical (unpaired) electrons. The van der Waals surface area contributed by atoms with Crippen molar-refractivity contribution in [1.29, 1.82) is 0 Å². The molecule has 1 aliphatic carbocycles. The van der Waals surface area contributed by atoms with Crippen molar-refractivity contribution in [3.63, 3.8) is 0 Å². The molecule has 83 heavy (non-hydrogen) atoms. The lowest BCUT2D eigenvalue weighted by Gasteiger charge is -2.59. The van der Waals surface area contributed by atoms with Crippen LogP contribution in [0, 0.1) is 33.1 Å². The third-order valence-corrected chi connectivity index (χ3v) is 19.6. The van der Waals surface area contributed by atoms with Crippen molar-refractivity contribution in [2.24, 2.45) is 11.3 Å². The number of hydrogen-bond acceptors (Lipinski definition) is 16. The zero-order valence-corrected chi connectivity index (χ0v) is 47.4. The molecule has 0 unspecified atom stereocenters. The lowest BCUT2D eigenvalue weighted by atomic mass is 9.59. The van der Waals surface area contributed by atoms with Crippen LogP contribution in [-0.4, -0.2) is 136 Å². The minimum atomic E-state index is -4.65. The number of amides is 1. The average Bonchev–Trinajstić information content (AvgIpc) is 3.85. The van der Waals surface area contributed by atoms with Crippen LogP contribution >= 0.6 is 0 Å². The molecule has 4 atom stereocenters. The van der Waals surface area contributed by atoms with Crippen LogP contribution in [0.15, 0.2) is 96.0 Å². The largest absolute Gasteiger partial charge is 0.491 e. The Hall–Kier alpha value is -7.11. The zero-order chi connectivity index (χ0) is 57.1. The van der Waals surface area contributed by atoms with Gasteiger partial charge < -0.3 is 43.8 Å². The zero-order valence-electron chi connectivity index (χ0n) is 46.6. The standard InChI is InChI=1S/C61H69F2N9O10S/c1-37(2)81-55-6-4-3-5-44(55)54-35-69(49-15-26-80-57-46(49)28-40(62)29-47(57)63)21-22-70(54)42-32-61(33-42)16-19-68(20-17-61)41-7-9-45(51(30-41)71-50-14-25-79-36-56(50)82-60-53(71)27-39-11-18-64-58(39)66-60)59(73)67-83(76,77)43-8-10-48(52(31-43)72(74)75)65-34-38-12-23-78-24-13-38/h3-11,18,27-31,37-38,42,49-50,54,56,65H,12-17,19-26,32-36H2,1-2H3,(H,64,66)(H,67,73)/t49-,50-,54+,56-/m0/s1. The number of halogens is 2. The first-order valence-corrected chi connectivity index (χ1v) is 30.6. The van der Waals surface area contributed by atoms with E-state index in [0.29, 0.717) is 86.9 Å². The molecule has 4 aromatic carbocycles. The second kappa shape index (κ2) is 22.5. The molecule has 13 rings (SSSR count). The van der Waals surface area contributed by atoms with Gasteiger partial charge in [0.15, 0.2) is 11.6 Å². The maximum Gasteiger partial charge on any atom is 0.293 e. The number of hydrogen-bond donors (Lipinski definition) is 3. The number of benzene rings is 4. The molecule has 4 saturated heterocycles. The predicted octanol–water partition coefficient (Wildman–Crippen LogP) is 9.81. The minimum absolute atomic E-state index is 0.0345. The highest BCUT2D eigenvalue weighted by Gasteiger charge is 2.51. The van der Waals surface area contributed by atoms with Gasteiger partial charge in [-0.3, -0.25) is 24.7 Å². The Bertz CT molecular complexity index is 3550. The smallest absolute Gasteiger partial charge is 0.293 e. The molecule has 2 aromatic heterocycles. The van der Waals surface area contributed by atoms with Crippen LogP contribution in [0.4, 0.5) is 37.2 Å². The van der Waals surface area contributed by atoms with E-state index in [4.69, 9.17) is 28.7 Å². The summed E-state index contributed by atoms with van der Waals surface area (Å²) in [5.74, 6) is -0.628. The first-order valence-electron chi connectivity index (χ1n) is 29.1. The van der Waals surface area contributed by atoms with Gasteiger partial charge in [0.1, 0.15) is 34.7 Å². The Morgan fingerprint density at radius 2 is 1.70 bits per heavy atom. The molecular weight excluding hydrogens is 1090 g/mol. The first kappa shape index (κ1) is 55.1. The fourth-order valence-corrected chi connectivity index (χ4v) is 15.0. The highest BCUT2D eigenvalue weighted by atomic mass is 32.2. The summed E-state index contributed by atoms with van der Waals surface area (Å²) >= 11 is 0. The molecule has 1 spiro atoms. The predicted molar refractivity (Wildman–Crippen MR) is 307 cm³/mol. The van der Waals surface area contributed by atoms with Gasteiger partial charge in [-0.25, -0.2) is 21.9 Å². The summed E-state index contributed by atoms with van der Waals surface area (Å²) in [5.41, 5.74) is 4.16. The van der Waals surface area contributed by atoms with E-state index in [-0.39, 0.29) is 59.2 Å². The van der Waals surface area contributed by atoms with Gasteiger partial charge in [-0.05, 0) is 125 Å². The number of nitro benzene ring substituents is 1. The van der Waals surface area contributed by atoms with E-state index in [1.807, 2.05) is 50.2 Å². The van der Waals surface area contributed by atoms with Crippen molar-refractivity contribution in [3.8, 4) is 17.4 Å². The highest BCUT2D eigenvalue weighted by molar-refractivity contribution is 7.90. The summed E-state index contributed by atoms with van der Waals surface area (Å²) in [6.45, 7) is 10.4. The van der Waals surface area contributed by atoms with Crippen LogP contribution < -0.4 is 34.0 Å². The molecule has 19 nitrogen and oxygen atoms in total. The van der Waals surface area contributed by atoms with Gasteiger partial charge in [0, 0.05) is 118 Å². The number of ether oxygens (including phenoxy) is 5. The molecule has 1 saturated carbocycles. The van der Waals surface area contributed by atoms with E-state index in [1.54, 1.807) is 12.3 Å². The van der Waals surface area contributed by atoms with Crippen molar-refractivity contribution in [1.82, 2.24) is 24.5 Å². The van der Waals surface area contributed by atoms with E-state index in [0.717, 1.165) is 99.2 Å². The maximum absolute atomic E-state index is 15.1. The number of nitro groups is 1. The van der Waals surface area contributed by atoms with E-state index in [1.165, 1.54) is 18.2 Å². The van der Waals surface area contributed by atoms with Crippen LogP contribution in [-0.2, 0) is 19.5 Å². The SMILES string of the molecule is CC(C)Oc1ccccc1[C@H]1CN([C@H]2CCOc3c(F)cc(F)cc32)CCN1C1CC2(CCN(c3ccc(C(=O)NS(=O)(=O)c4ccc(NCC5CCOCC5)c([N+](=O)[O-])c4)c(N4c5cc6cc[nH]c6nc5O[C@H]5COCC[C@@H]54)c3)CC2)C1. The summed E-state index contributed by atoms with van der Waals surface area (Å²) in [4.78, 5) is 43.6. The van der Waals surface area contributed by atoms with E-state index in [9.17, 15) is 27.7 Å². The number of piperazine rings is 1. The Morgan fingerprint density at radius 3 is 2.51 bits per heavy atom. The molecule has 3 N–H and O–H groups in total. The van der Waals surface area contributed by atoms with Crippen molar-refractivity contribution in [3.05, 3.63) is 130 Å². The number of nitrogens with one attached hydrogen (secondary N) is 3. The van der Waals surface area contributed by atoms with Gasteiger partial charge in [-0.1, -0.05) is 18.2 Å². The van der Waals surface area contributed by atoms with Crippen molar-refractivity contribution in [2.45, 2.75) is 106 Å². The van der Waals surface area contributed by atoms with Gasteiger partial charge in [0.25, 0.3) is 21.6 Å². The maximum atomic E-state index is 15.1. The number of pyridine rings is 1. The molecule has 22 heteroatoms. The fraction of sp³-hybridized carbons (Fsp3) is 0.475. The van der Waals surface area contributed by atoms with Gasteiger partial charge in [0.05, 0.1) is 52.5 Å². The number of aromatic amines is 1. The van der Waals surface area contributed by atoms with Crippen molar-refractivity contribution in [2.75, 3.05) is 87.4 Å². The quantitative estimate of drug-likeness (QED) is 0.0685. The Kier molecular flexibility index (Phi) is 14.9. The molecule has 7 aliphatic rings. The van der Waals surface area contributed by atoms with E-state index in [2.05, 4.69) is 46.8 Å². The number of fused-ring (bicyclic) bond motifs is 4. The average molecular weight is 1160 g/mol. The first-order chi connectivity index (χ1) is 40.2. The monoisotopic (exact) mass is 1160 g/mol. The normalized spacial score (nSPS) is 23.1. The molecule has 5 fully saturated rings. The van der Waals surface area contributed by atoms with Crippen LogP contribution in [0.5, 0.6) is 17.4 Å². The van der Waals surface area contributed by atoms with Crippen LogP contribution in [0.3, 0.4) is 0 Å². The van der Waals surface area contributed by atoms with Gasteiger partial charge in [-0.15, -0.1) is 0 Å². The van der Waals surface area contributed by atoms with Crippen LogP contribution in [0.1, 0.15) is 98.8 Å². The summed E-state index contributed by atoms with van der Waals surface area (Å²) in [7, 11) is -4.65. The second-order valence-electron chi connectivity index (χ2n) is 23.7. The number of H-pyrrole nitrogens is 1. The molecule has 0 bridgehead atoms. The number of para-hydroxylation sites is 1. The Balaban J connectivity index is 0.768. The number of sulfonamides is 1. The highest BCUT2D eigenvalue weighted by Crippen LogP contribution is 2.55. The van der Waals surface area contributed by atoms with Gasteiger partial charge in [0.2, 0.25) is 5.88 Å². The third kappa shape index (κ3) is 10.8. The molecular formula is C61H69F2N9O10S. The van der Waals surface area contributed by atoms with Crippen molar-refractivity contribution >= 4 is 55.4 Å². The molecule has 6 aliphatic heterocycles. The fourth-order valence-electron chi connectivity index (χ4n) is 14.0. The number of rotatable bonds is 14. The van der Waals surface area contributed by atoms with E-state index < -0.39 is 49.2 Å². The van der Waals surface area contributed by atoms with E-state index >= 15 is 4.39 Å². The summed E-state index contributed by atoms with van der Waals surface area (Å²) in [5, 5.41) is 16.4. The number of carbonyl (C=O) groups excluding carboxylic acids is 1. The number of piperidine rings is 1. The summed E-state index contributed by atoms with van der Waals surface area (Å²) < 4.78 is 90.8. The van der Waals surface area contributed by atoms with Crippen molar-refractivity contribution < 1.29 is 50.6 Å². The lowest BCUT2D eigenvalue weighted by molar-refractivity contribution is -0.384. The van der Waals surface area contributed by atoms with Gasteiger partial charge >= 0.3 is 0 Å². The number of aromatic nitrogens is 2. The minimum Gasteiger partial charge on any atom is -0.491 e. The third-order valence-electron chi connectivity index (χ3n) is 18.3. The summed E-state index contributed by atoms with van der Waals surface area (Å²) in [6, 6.07) is 23.3. The summed E-state index contributed by atoms with van der Waals surface area (Å²) in [6.07, 6.45) is 7.95.